The number of carboxylic acids is 1. The fraction of sp³-hybridized carbons (Fsp3) is 0.308. The Kier molecular flexibility index (Phi) is 5.67. The van der Waals surface area contributed by atoms with Crippen LogP contribution in [0, 0.1) is 6.92 Å². The van der Waals surface area contributed by atoms with Gasteiger partial charge < -0.3 is 20.5 Å². The Hall–Kier alpha value is -2.41. The number of hydrogen-bond donors (Lipinski definition) is 3. The zero-order chi connectivity index (χ0) is 15.1. The molecule has 0 aliphatic heterocycles. The zero-order valence-electron chi connectivity index (χ0n) is 11.2. The van der Waals surface area contributed by atoms with Crippen molar-refractivity contribution in [3.8, 4) is 0 Å². The highest BCUT2D eigenvalue weighted by molar-refractivity contribution is 6.39. The molecule has 1 rings (SSSR count). The maximum atomic E-state index is 11.6. The van der Waals surface area contributed by atoms with Crippen LogP contribution in [0.25, 0.3) is 0 Å². The second kappa shape index (κ2) is 7.25. The molecule has 0 saturated carbocycles. The SMILES string of the molecule is COCCNC(=O)C(=O)Nc1cc(C(=O)O)ccc1C. The predicted octanol–water partition coefficient (Wildman–Crippen LogP) is 0.394. The van der Waals surface area contributed by atoms with Crippen LogP contribution >= 0.6 is 0 Å². The van der Waals surface area contributed by atoms with Crippen molar-refractivity contribution in [2.24, 2.45) is 0 Å². The minimum absolute atomic E-state index is 0.0330. The van der Waals surface area contributed by atoms with Crippen molar-refractivity contribution in [3.63, 3.8) is 0 Å². The fourth-order valence-corrected chi connectivity index (χ4v) is 1.42. The average molecular weight is 280 g/mol. The Morgan fingerprint density at radius 1 is 1.25 bits per heavy atom. The van der Waals surface area contributed by atoms with Gasteiger partial charge in [0.1, 0.15) is 0 Å². The molecule has 108 valence electrons. The van der Waals surface area contributed by atoms with Gasteiger partial charge in [-0.15, -0.1) is 0 Å². The molecule has 1 aromatic carbocycles. The quantitative estimate of drug-likeness (QED) is 0.534. The van der Waals surface area contributed by atoms with Gasteiger partial charge in [-0.3, -0.25) is 9.59 Å². The van der Waals surface area contributed by atoms with Crippen molar-refractivity contribution in [2.75, 3.05) is 25.6 Å². The molecular weight excluding hydrogens is 264 g/mol. The summed E-state index contributed by atoms with van der Waals surface area (Å²) in [6, 6.07) is 4.28. The number of aryl methyl sites for hydroxylation is 1. The standard InChI is InChI=1S/C13H16N2O5/c1-8-3-4-9(13(18)19)7-10(8)15-12(17)11(16)14-5-6-20-2/h3-4,7H,5-6H2,1-2H3,(H,14,16)(H,15,17)(H,18,19). The summed E-state index contributed by atoms with van der Waals surface area (Å²) < 4.78 is 4.74. The first-order valence-corrected chi connectivity index (χ1v) is 5.87. The van der Waals surface area contributed by atoms with Gasteiger partial charge in [-0.2, -0.15) is 0 Å². The minimum atomic E-state index is -1.11. The van der Waals surface area contributed by atoms with E-state index in [0.29, 0.717) is 12.2 Å². The van der Waals surface area contributed by atoms with Crippen molar-refractivity contribution >= 4 is 23.5 Å². The lowest BCUT2D eigenvalue weighted by molar-refractivity contribution is -0.136. The summed E-state index contributed by atoms with van der Waals surface area (Å²) in [5.41, 5.74) is 0.982. The van der Waals surface area contributed by atoms with Crippen molar-refractivity contribution in [1.82, 2.24) is 5.32 Å². The lowest BCUT2D eigenvalue weighted by atomic mass is 10.1. The van der Waals surface area contributed by atoms with Gasteiger partial charge in [0.2, 0.25) is 0 Å². The van der Waals surface area contributed by atoms with E-state index in [9.17, 15) is 14.4 Å². The Morgan fingerprint density at radius 3 is 2.55 bits per heavy atom. The molecule has 1 aromatic rings. The highest BCUT2D eigenvalue weighted by Gasteiger charge is 2.15. The number of carbonyl (C=O) groups excluding carboxylic acids is 2. The van der Waals surface area contributed by atoms with E-state index in [4.69, 9.17) is 9.84 Å². The van der Waals surface area contributed by atoms with E-state index >= 15 is 0 Å². The van der Waals surface area contributed by atoms with Gasteiger partial charge in [0.25, 0.3) is 0 Å². The van der Waals surface area contributed by atoms with Gasteiger partial charge in [0, 0.05) is 19.3 Å². The number of carbonyl (C=O) groups is 3. The van der Waals surface area contributed by atoms with E-state index in [2.05, 4.69) is 10.6 Å². The molecule has 0 heterocycles. The molecule has 0 bridgehead atoms. The number of aromatic carboxylic acids is 1. The number of carboxylic acid groups (broad SMARTS) is 1. The lowest BCUT2D eigenvalue weighted by Gasteiger charge is -2.09. The van der Waals surface area contributed by atoms with Crippen LogP contribution in [0.2, 0.25) is 0 Å². The smallest absolute Gasteiger partial charge is 0.335 e. The summed E-state index contributed by atoms with van der Waals surface area (Å²) in [5, 5.41) is 13.6. The molecule has 7 heteroatoms. The molecule has 0 aromatic heterocycles. The van der Waals surface area contributed by atoms with E-state index in [0.717, 1.165) is 0 Å². The zero-order valence-corrected chi connectivity index (χ0v) is 11.2. The maximum absolute atomic E-state index is 11.6. The summed E-state index contributed by atoms with van der Waals surface area (Å²) >= 11 is 0. The van der Waals surface area contributed by atoms with E-state index < -0.39 is 17.8 Å². The molecule has 0 atom stereocenters. The average Bonchev–Trinajstić information content (AvgIpc) is 2.41. The Bertz CT molecular complexity index is 527. The van der Waals surface area contributed by atoms with Crippen molar-refractivity contribution in [2.45, 2.75) is 6.92 Å². The highest BCUT2D eigenvalue weighted by Crippen LogP contribution is 2.16. The lowest BCUT2D eigenvalue weighted by Crippen LogP contribution is -2.37. The van der Waals surface area contributed by atoms with E-state index in [1.54, 1.807) is 13.0 Å². The molecule has 0 saturated heterocycles. The number of nitrogens with one attached hydrogen (secondary N) is 2. The molecule has 0 radical (unpaired) electrons. The van der Waals surface area contributed by atoms with Crippen molar-refractivity contribution in [1.29, 1.82) is 0 Å². The summed E-state index contributed by atoms with van der Waals surface area (Å²) in [7, 11) is 1.48. The molecule has 0 aliphatic carbocycles. The summed E-state index contributed by atoms with van der Waals surface area (Å²) in [4.78, 5) is 33.9. The highest BCUT2D eigenvalue weighted by atomic mass is 16.5. The summed E-state index contributed by atoms with van der Waals surface area (Å²) in [5.74, 6) is -2.76. The predicted molar refractivity (Wildman–Crippen MR) is 71.7 cm³/mol. The molecule has 0 unspecified atom stereocenters. The first-order chi connectivity index (χ1) is 9.45. The van der Waals surface area contributed by atoms with Crippen LogP contribution < -0.4 is 10.6 Å². The Balaban J connectivity index is 2.72. The van der Waals surface area contributed by atoms with Gasteiger partial charge in [-0.05, 0) is 24.6 Å². The topological polar surface area (TPSA) is 105 Å². The number of amides is 2. The van der Waals surface area contributed by atoms with E-state index in [1.807, 2.05) is 0 Å². The number of benzene rings is 1. The van der Waals surface area contributed by atoms with Gasteiger partial charge in [0.05, 0.1) is 12.2 Å². The largest absolute Gasteiger partial charge is 0.478 e. The number of ether oxygens (including phenoxy) is 1. The molecule has 0 aliphatic rings. The molecule has 20 heavy (non-hydrogen) atoms. The summed E-state index contributed by atoms with van der Waals surface area (Å²) in [6.07, 6.45) is 0. The third-order valence-corrected chi connectivity index (χ3v) is 2.53. The third kappa shape index (κ3) is 4.36. The second-order valence-corrected chi connectivity index (χ2v) is 4.04. The summed E-state index contributed by atoms with van der Waals surface area (Å²) in [6.45, 7) is 2.22. The van der Waals surface area contributed by atoms with E-state index in [1.165, 1.54) is 19.2 Å². The van der Waals surface area contributed by atoms with Crippen molar-refractivity contribution < 1.29 is 24.2 Å². The minimum Gasteiger partial charge on any atom is -0.478 e. The molecule has 0 fully saturated rings. The molecule has 0 spiro atoms. The Labute approximate surface area is 115 Å². The molecule has 3 N–H and O–H groups in total. The first-order valence-electron chi connectivity index (χ1n) is 5.87. The second-order valence-electron chi connectivity index (χ2n) is 4.04. The number of methoxy groups -OCH3 is 1. The van der Waals surface area contributed by atoms with Gasteiger partial charge in [-0.1, -0.05) is 6.07 Å². The molecule has 7 nitrogen and oxygen atoms in total. The molecule has 2 amide bonds. The number of rotatable bonds is 5. The normalized spacial score (nSPS) is 9.90. The van der Waals surface area contributed by atoms with Crippen LogP contribution in [0.1, 0.15) is 15.9 Å². The van der Waals surface area contributed by atoms with Gasteiger partial charge >= 0.3 is 17.8 Å². The number of anilines is 1. The maximum Gasteiger partial charge on any atom is 0.335 e. The number of hydrogen-bond acceptors (Lipinski definition) is 4. The van der Waals surface area contributed by atoms with Crippen LogP contribution in [-0.2, 0) is 14.3 Å². The van der Waals surface area contributed by atoms with Crippen LogP contribution in [0.5, 0.6) is 0 Å². The first kappa shape index (κ1) is 15.6. The fourth-order valence-electron chi connectivity index (χ4n) is 1.42. The third-order valence-electron chi connectivity index (χ3n) is 2.53. The molecular formula is C13H16N2O5. The van der Waals surface area contributed by atoms with Gasteiger partial charge in [0.15, 0.2) is 0 Å². The van der Waals surface area contributed by atoms with Gasteiger partial charge in [-0.25, -0.2) is 4.79 Å². The van der Waals surface area contributed by atoms with Crippen LogP contribution in [0.4, 0.5) is 5.69 Å². The van der Waals surface area contributed by atoms with E-state index in [-0.39, 0.29) is 17.8 Å². The van der Waals surface area contributed by atoms with Crippen LogP contribution in [0.3, 0.4) is 0 Å². The van der Waals surface area contributed by atoms with Crippen LogP contribution in [-0.4, -0.2) is 43.2 Å². The van der Waals surface area contributed by atoms with Crippen LogP contribution in [0.15, 0.2) is 18.2 Å². The monoisotopic (exact) mass is 280 g/mol. The Morgan fingerprint density at radius 2 is 1.95 bits per heavy atom. The van der Waals surface area contributed by atoms with Crippen molar-refractivity contribution in [3.05, 3.63) is 29.3 Å².